The summed E-state index contributed by atoms with van der Waals surface area (Å²) in [5.74, 6) is 0. The van der Waals surface area contributed by atoms with Crippen LogP contribution in [0.15, 0.2) is 12.1 Å². The Hall–Kier alpha value is -0.720. The molecule has 0 atom stereocenters. The van der Waals surface area contributed by atoms with Gasteiger partial charge in [0, 0.05) is 5.33 Å². The minimum atomic E-state index is -4.79. The maximum atomic E-state index is 12.6. The third-order valence-corrected chi connectivity index (χ3v) is 2.90. The van der Waals surface area contributed by atoms with Gasteiger partial charge >= 0.3 is 12.4 Å². The monoisotopic (exact) mass is 320 g/mol. The highest BCUT2D eigenvalue weighted by molar-refractivity contribution is 9.08. The van der Waals surface area contributed by atoms with Gasteiger partial charge in [0.1, 0.15) is 0 Å². The molecule has 0 spiro atoms. The van der Waals surface area contributed by atoms with Gasteiger partial charge in [-0.15, -0.1) is 0 Å². The summed E-state index contributed by atoms with van der Waals surface area (Å²) in [7, 11) is 0. The van der Waals surface area contributed by atoms with Gasteiger partial charge in [-0.3, -0.25) is 0 Å². The fraction of sp³-hybridized carbons (Fsp3) is 0.400. The summed E-state index contributed by atoms with van der Waals surface area (Å²) in [6.45, 7) is 1.15. The molecular weight excluding hydrogens is 314 g/mol. The Bertz CT molecular complexity index is 418. The van der Waals surface area contributed by atoms with Gasteiger partial charge < -0.3 is 0 Å². The molecule has 0 aromatic heterocycles. The van der Waals surface area contributed by atoms with E-state index in [2.05, 4.69) is 15.9 Å². The molecule has 1 rings (SSSR count). The fourth-order valence-corrected chi connectivity index (χ4v) is 1.95. The van der Waals surface area contributed by atoms with Gasteiger partial charge in [0.2, 0.25) is 0 Å². The largest absolute Gasteiger partial charge is 0.416 e. The topological polar surface area (TPSA) is 0 Å². The van der Waals surface area contributed by atoms with E-state index in [0.29, 0.717) is 0 Å². The van der Waals surface area contributed by atoms with Crippen molar-refractivity contribution < 1.29 is 26.3 Å². The minimum absolute atomic E-state index is 0.0212. The maximum Gasteiger partial charge on any atom is 0.416 e. The predicted octanol–water partition coefficient (Wildman–Crippen LogP) is 4.93. The van der Waals surface area contributed by atoms with Crippen LogP contribution in [0, 0.1) is 6.92 Å². The van der Waals surface area contributed by atoms with Crippen LogP contribution in [-0.4, -0.2) is 0 Å². The van der Waals surface area contributed by atoms with E-state index in [0.717, 1.165) is 13.0 Å². The van der Waals surface area contributed by atoms with E-state index in [9.17, 15) is 26.3 Å². The summed E-state index contributed by atoms with van der Waals surface area (Å²) in [5, 5.41) is -0.0637. The quantitative estimate of drug-likeness (QED) is 0.508. The smallest absolute Gasteiger partial charge is 0.166 e. The number of halogens is 7. The molecule has 0 fully saturated rings. The van der Waals surface area contributed by atoms with Gasteiger partial charge in [-0.1, -0.05) is 15.9 Å². The molecule has 0 radical (unpaired) electrons. The molecule has 0 aliphatic heterocycles. The molecule has 0 N–H and O–H groups in total. The average Bonchev–Trinajstić information content (AvgIpc) is 2.14. The van der Waals surface area contributed by atoms with E-state index in [-0.39, 0.29) is 22.5 Å². The van der Waals surface area contributed by atoms with Gasteiger partial charge in [0.25, 0.3) is 0 Å². The molecule has 0 heterocycles. The van der Waals surface area contributed by atoms with E-state index in [1.54, 1.807) is 0 Å². The molecule has 0 amide bonds. The summed E-state index contributed by atoms with van der Waals surface area (Å²) in [4.78, 5) is 0. The first-order valence-corrected chi connectivity index (χ1v) is 5.53. The first-order valence-electron chi connectivity index (χ1n) is 4.41. The zero-order valence-electron chi connectivity index (χ0n) is 8.51. The Morgan fingerprint density at radius 1 is 1.00 bits per heavy atom. The lowest BCUT2D eigenvalue weighted by Crippen LogP contribution is -2.14. The van der Waals surface area contributed by atoms with Crippen molar-refractivity contribution in [3.05, 3.63) is 34.4 Å². The average molecular weight is 321 g/mol. The van der Waals surface area contributed by atoms with Gasteiger partial charge in [-0.25, -0.2) is 0 Å². The summed E-state index contributed by atoms with van der Waals surface area (Å²) >= 11 is 2.88. The molecule has 0 bridgehead atoms. The van der Waals surface area contributed by atoms with Crippen LogP contribution in [0.2, 0.25) is 0 Å². The van der Waals surface area contributed by atoms with Crippen molar-refractivity contribution in [3.63, 3.8) is 0 Å². The number of rotatable bonds is 1. The summed E-state index contributed by atoms with van der Waals surface area (Å²) in [6.07, 6.45) is -9.58. The molecule has 0 unspecified atom stereocenters. The van der Waals surface area contributed by atoms with Crippen LogP contribution >= 0.6 is 15.9 Å². The molecule has 0 saturated heterocycles. The van der Waals surface area contributed by atoms with E-state index < -0.39 is 23.5 Å². The number of alkyl halides is 7. The van der Waals surface area contributed by atoms with Crippen molar-refractivity contribution in [2.24, 2.45) is 0 Å². The van der Waals surface area contributed by atoms with Crippen LogP contribution in [0.1, 0.15) is 22.3 Å². The second-order valence-corrected chi connectivity index (χ2v) is 4.00. The number of hydrogen-bond donors (Lipinski definition) is 0. The Kier molecular flexibility index (Phi) is 3.81. The highest BCUT2D eigenvalue weighted by Crippen LogP contribution is 2.38. The first-order chi connectivity index (χ1) is 7.57. The first kappa shape index (κ1) is 14.3. The second-order valence-electron chi connectivity index (χ2n) is 3.44. The Balaban J connectivity index is 3.50. The zero-order chi connectivity index (χ0) is 13.4. The SMILES string of the molecule is Cc1c(CBr)cc(C(F)(F)F)cc1C(F)(F)F. The lowest BCUT2D eigenvalue weighted by atomic mass is 9.99. The van der Waals surface area contributed by atoms with Crippen LogP contribution < -0.4 is 0 Å². The predicted molar refractivity (Wildman–Crippen MR) is 53.8 cm³/mol. The highest BCUT2D eigenvalue weighted by Gasteiger charge is 2.38. The van der Waals surface area contributed by atoms with Crippen LogP contribution in [0.25, 0.3) is 0 Å². The molecule has 1 aromatic carbocycles. The van der Waals surface area contributed by atoms with Crippen molar-refractivity contribution in [2.45, 2.75) is 24.6 Å². The molecule has 1 aromatic rings. The molecular formula is C10H7BrF6. The molecule has 0 nitrogen and oxygen atoms in total. The standard InChI is InChI=1S/C10H7BrF6/c1-5-6(4-11)2-7(9(12,13)14)3-8(5)10(15,16)17/h2-3H,4H2,1H3. The molecule has 7 heteroatoms. The molecule has 0 aliphatic rings. The number of benzene rings is 1. The normalized spacial score (nSPS) is 12.9. The van der Waals surface area contributed by atoms with Crippen molar-refractivity contribution in [1.29, 1.82) is 0 Å². The molecule has 0 saturated carbocycles. The van der Waals surface area contributed by atoms with Crippen molar-refractivity contribution in [3.8, 4) is 0 Å². The van der Waals surface area contributed by atoms with E-state index >= 15 is 0 Å². The van der Waals surface area contributed by atoms with E-state index in [4.69, 9.17) is 0 Å². The van der Waals surface area contributed by atoms with Crippen LogP contribution in [-0.2, 0) is 17.7 Å². The summed E-state index contributed by atoms with van der Waals surface area (Å²) in [6, 6.07) is 0.862. The molecule has 0 aliphatic carbocycles. The third-order valence-electron chi connectivity index (χ3n) is 2.29. The number of hydrogen-bond acceptors (Lipinski definition) is 0. The Labute approximate surface area is 102 Å². The Morgan fingerprint density at radius 3 is 1.88 bits per heavy atom. The van der Waals surface area contributed by atoms with Crippen molar-refractivity contribution in [2.75, 3.05) is 0 Å². The van der Waals surface area contributed by atoms with Gasteiger partial charge in [0.15, 0.2) is 0 Å². The van der Waals surface area contributed by atoms with Crippen molar-refractivity contribution in [1.82, 2.24) is 0 Å². The third kappa shape index (κ3) is 3.14. The summed E-state index contributed by atoms with van der Waals surface area (Å²) < 4.78 is 74.9. The lowest BCUT2D eigenvalue weighted by molar-refractivity contribution is -0.143. The summed E-state index contributed by atoms with van der Waals surface area (Å²) in [5.41, 5.74) is -2.75. The lowest BCUT2D eigenvalue weighted by Gasteiger charge is -2.16. The second kappa shape index (κ2) is 4.51. The highest BCUT2D eigenvalue weighted by atomic mass is 79.9. The molecule has 17 heavy (non-hydrogen) atoms. The zero-order valence-corrected chi connectivity index (χ0v) is 10.1. The van der Waals surface area contributed by atoms with Crippen LogP contribution in [0.4, 0.5) is 26.3 Å². The van der Waals surface area contributed by atoms with Crippen LogP contribution in [0.5, 0.6) is 0 Å². The van der Waals surface area contributed by atoms with Gasteiger partial charge in [0.05, 0.1) is 11.1 Å². The van der Waals surface area contributed by atoms with Gasteiger partial charge in [-0.05, 0) is 30.2 Å². The van der Waals surface area contributed by atoms with E-state index in [1.807, 2.05) is 0 Å². The van der Waals surface area contributed by atoms with Crippen LogP contribution in [0.3, 0.4) is 0 Å². The molecule has 96 valence electrons. The maximum absolute atomic E-state index is 12.6. The van der Waals surface area contributed by atoms with Gasteiger partial charge in [-0.2, -0.15) is 26.3 Å². The minimum Gasteiger partial charge on any atom is -0.166 e. The van der Waals surface area contributed by atoms with Crippen molar-refractivity contribution >= 4 is 15.9 Å². The van der Waals surface area contributed by atoms with E-state index in [1.165, 1.54) is 0 Å². The Morgan fingerprint density at radius 2 is 1.53 bits per heavy atom. The fourth-order valence-electron chi connectivity index (χ4n) is 1.37.